The third kappa shape index (κ3) is 3.95. The number of rotatable bonds is 7. The van der Waals surface area contributed by atoms with Gasteiger partial charge < -0.3 is 5.32 Å². The number of hydrogen-bond acceptors (Lipinski definition) is 5. The molecule has 0 unspecified atom stereocenters. The lowest BCUT2D eigenvalue weighted by molar-refractivity contribution is -0.115. The zero-order chi connectivity index (χ0) is 16.2. The first-order chi connectivity index (χ1) is 10.4. The van der Waals surface area contributed by atoms with Crippen LogP contribution in [-0.4, -0.2) is 35.1 Å². The Balaban J connectivity index is 2.08. The van der Waals surface area contributed by atoms with Crippen LogP contribution in [0.15, 0.2) is 29.1 Å². The van der Waals surface area contributed by atoms with E-state index in [1.54, 1.807) is 35.2 Å². The Labute approximate surface area is 134 Å². The first-order valence-corrected chi connectivity index (χ1v) is 9.65. The first-order valence-electron chi connectivity index (χ1n) is 6.99. The molecule has 0 aliphatic carbocycles. The van der Waals surface area contributed by atoms with Crippen LogP contribution in [0.5, 0.6) is 0 Å². The fraction of sp³-hybridized carbons (Fsp3) is 0.429. The van der Waals surface area contributed by atoms with Gasteiger partial charge in [0.05, 0.1) is 18.5 Å². The van der Waals surface area contributed by atoms with E-state index >= 15 is 0 Å². The lowest BCUT2D eigenvalue weighted by Gasteiger charge is -2.13. The van der Waals surface area contributed by atoms with Crippen molar-refractivity contribution in [3.05, 3.63) is 34.7 Å². The lowest BCUT2D eigenvalue weighted by Crippen LogP contribution is -2.34. The topological polar surface area (TPSA) is 81.1 Å². The van der Waals surface area contributed by atoms with Gasteiger partial charge in [-0.3, -0.25) is 4.79 Å². The van der Waals surface area contributed by atoms with Crippen LogP contribution in [0.25, 0.3) is 0 Å². The van der Waals surface area contributed by atoms with E-state index in [0.717, 1.165) is 5.56 Å². The van der Waals surface area contributed by atoms with Gasteiger partial charge >= 0.3 is 0 Å². The van der Waals surface area contributed by atoms with E-state index in [4.69, 9.17) is 0 Å². The van der Waals surface area contributed by atoms with Crippen molar-refractivity contribution in [2.24, 2.45) is 0 Å². The Morgan fingerprint density at radius 3 is 2.86 bits per heavy atom. The summed E-state index contributed by atoms with van der Waals surface area (Å²) in [5.74, 6) is -0.0225. The Bertz CT molecular complexity index is 720. The molecule has 8 heteroatoms. The Morgan fingerprint density at radius 1 is 1.45 bits per heavy atom. The van der Waals surface area contributed by atoms with Crippen molar-refractivity contribution >= 4 is 32.9 Å². The number of anilines is 1. The van der Waals surface area contributed by atoms with Crippen molar-refractivity contribution in [1.29, 1.82) is 0 Å². The minimum Gasteiger partial charge on any atom is -0.310 e. The summed E-state index contributed by atoms with van der Waals surface area (Å²) in [7, 11) is -3.42. The normalized spacial score (nSPS) is 13.0. The highest BCUT2D eigenvalue weighted by atomic mass is 32.2. The van der Waals surface area contributed by atoms with E-state index < -0.39 is 21.0 Å². The number of amides is 1. The van der Waals surface area contributed by atoms with Crippen molar-refractivity contribution in [3.8, 4) is 0 Å². The second-order valence-corrected chi connectivity index (χ2v) is 8.23. The monoisotopic (exact) mass is 341 g/mol. The summed E-state index contributed by atoms with van der Waals surface area (Å²) >= 11 is 1.59. The maximum Gasteiger partial charge on any atom is 0.243 e. The molecule has 0 aromatic carbocycles. The van der Waals surface area contributed by atoms with Gasteiger partial charge in [-0.25, -0.2) is 13.1 Å². The maximum atomic E-state index is 12.2. The molecule has 0 aliphatic heterocycles. The molecule has 0 aliphatic rings. The third-order valence-corrected chi connectivity index (χ3v) is 6.28. The third-order valence-electron chi connectivity index (χ3n) is 3.28. The molecule has 1 amide bonds. The van der Waals surface area contributed by atoms with Crippen LogP contribution in [0, 0.1) is 0 Å². The van der Waals surface area contributed by atoms with E-state index in [1.165, 1.54) is 6.92 Å². The summed E-state index contributed by atoms with van der Waals surface area (Å²) < 4.78 is 25.6. The van der Waals surface area contributed by atoms with Gasteiger partial charge in [-0.15, -0.1) is 0 Å². The van der Waals surface area contributed by atoms with Gasteiger partial charge in [0.2, 0.25) is 5.91 Å². The molecule has 0 bridgehead atoms. The minimum atomic E-state index is -3.42. The second kappa shape index (κ2) is 7.06. The van der Waals surface area contributed by atoms with Crippen LogP contribution in [0.2, 0.25) is 0 Å². The predicted molar refractivity (Wildman–Crippen MR) is 87.8 cm³/mol. The van der Waals surface area contributed by atoms with Gasteiger partial charge in [0, 0.05) is 6.07 Å². The molecule has 0 radical (unpaired) electrons. The average Bonchev–Trinajstić information content (AvgIpc) is 3.11. The number of thiophene rings is 1. The summed E-state index contributed by atoms with van der Waals surface area (Å²) in [6.45, 7) is 3.72. The first kappa shape index (κ1) is 16.7. The number of aromatic nitrogens is 2. The van der Waals surface area contributed by atoms with Crippen LogP contribution < -0.4 is 5.32 Å². The fourth-order valence-electron chi connectivity index (χ4n) is 1.97. The van der Waals surface area contributed by atoms with Crippen molar-refractivity contribution in [3.63, 3.8) is 0 Å². The van der Waals surface area contributed by atoms with E-state index in [2.05, 4.69) is 10.4 Å². The zero-order valence-corrected chi connectivity index (χ0v) is 14.2. The van der Waals surface area contributed by atoms with Gasteiger partial charge in [-0.05, 0) is 35.7 Å². The number of hydrogen-bond donors (Lipinski definition) is 1. The summed E-state index contributed by atoms with van der Waals surface area (Å²) in [6, 6.07) is 3.63. The highest BCUT2D eigenvalue weighted by Gasteiger charge is 2.27. The van der Waals surface area contributed by atoms with Gasteiger partial charge in [0.25, 0.3) is 0 Å². The summed E-state index contributed by atoms with van der Waals surface area (Å²) in [4.78, 5) is 12.2. The zero-order valence-electron chi connectivity index (χ0n) is 12.5. The Kier molecular flexibility index (Phi) is 5.36. The molecule has 0 spiro atoms. The molecule has 2 rings (SSSR count). The maximum absolute atomic E-state index is 12.2. The Morgan fingerprint density at radius 2 is 2.23 bits per heavy atom. The van der Waals surface area contributed by atoms with E-state index in [1.807, 2.05) is 16.8 Å². The van der Waals surface area contributed by atoms with E-state index in [-0.39, 0.29) is 5.75 Å². The molecule has 0 saturated carbocycles. The van der Waals surface area contributed by atoms with E-state index in [0.29, 0.717) is 18.8 Å². The van der Waals surface area contributed by atoms with Gasteiger partial charge in [0.15, 0.2) is 9.84 Å². The molecule has 1 N–H and O–H groups in total. The van der Waals surface area contributed by atoms with Gasteiger partial charge in [-0.1, -0.05) is 6.92 Å². The molecular weight excluding hydrogens is 322 g/mol. The quantitative estimate of drug-likeness (QED) is 0.836. The molecular formula is C14H19N3O3S2. The van der Waals surface area contributed by atoms with E-state index in [9.17, 15) is 13.2 Å². The van der Waals surface area contributed by atoms with Crippen molar-refractivity contribution in [1.82, 2.24) is 9.78 Å². The molecule has 22 heavy (non-hydrogen) atoms. The number of nitrogens with zero attached hydrogens (tertiary/aromatic N) is 2. The van der Waals surface area contributed by atoms with Crippen LogP contribution in [0.3, 0.4) is 0 Å². The van der Waals surface area contributed by atoms with Crippen LogP contribution >= 0.6 is 11.3 Å². The molecule has 2 heterocycles. The average molecular weight is 341 g/mol. The number of carbonyl (C=O) groups is 1. The number of carbonyl (C=O) groups excluding carboxylic acids is 1. The summed E-state index contributed by atoms with van der Waals surface area (Å²) in [5, 5.41) is 9.71. The summed E-state index contributed by atoms with van der Waals surface area (Å²) in [6.07, 6.45) is 2.07. The second-order valence-electron chi connectivity index (χ2n) is 5.00. The smallest absolute Gasteiger partial charge is 0.243 e. The molecule has 2 aromatic heterocycles. The Hall–Kier alpha value is -1.67. The number of nitrogens with one attached hydrogen (secondary N) is 1. The molecule has 2 aromatic rings. The SMILES string of the molecule is CCCS(=O)(=O)[C@@H](C)C(=O)Nc1ccnn1Cc1ccsc1. The van der Waals surface area contributed by atoms with Gasteiger partial charge in [0.1, 0.15) is 11.1 Å². The largest absolute Gasteiger partial charge is 0.310 e. The van der Waals surface area contributed by atoms with Crippen molar-refractivity contribution in [2.75, 3.05) is 11.1 Å². The highest BCUT2D eigenvalue weighted by Crippen LogP contribution is 2.14. The van der Waals surface area contributed by atoms with Crippen LogP contribution in [-0.2, 0) is 21.2 Å². The van der Waals surface area contributed by atoms with Crippen LogP contribution in [0.4, 0.5) is 5.82 Å². The molecule has 0 fully saturated rings. The summed E-state index contributed by atoms with van der Waals surface area (Å²) in [5.41, 5.74) is 1.08. The van der Waals surface area contributed by atoms with Crippen LogP contribution in [0.1, 0.15) is 25.8 Å². The predicted octanol–water partition coefficient (Wildman–Crippen LogP) is 2.14. The van der Waals surface area contributed by atoms with Crippen molar-refractivity contribution < 1.29 is 13.2 Å². The standard InChI is InChI=1S/C14H19N3O3S2/c1-3-8-22(19,20)11(2)14(18)16-13-4-6-15-17(13)9-12-5-7-21-10-12/h4-7,10-11H,3,8-9H2,1-2H3,(H,16,18)/t11-/m0/s1. The molecule has 6 nitrogen and oxygen atoms in total. The fourth-order valence-corrected chi connectivity index (χ4v) is 3.94. The minimum absolute atomic E-state index is 0.00967. The molecule has 0 saturated heterocycles. The lowest BCUT2D eigenvalue weighted by atomic mass is 10.3. The molecule has 1 atom stereocenters. The van der Waals surface area contributed by atoms with Crippen molar-refractivity contribution in [2.45, 2.75) is 32.1 Å². The highest BCUT2D eigenvalue weighted by molar-refractivity contribution is 7.92. The molecule has 120 valence electrons. The van der Waals surface area contributed by atoms with Gasteiger partial charge in [-0.2, -0.15) is 16.4 Å². The number of sulfone groups is 1.